The Morgan fingerprint density at radius 1 is 1.27 bits per heavy atom. The van der Waals surface area contributed by atoms with Crippen LogP contribution in [-0.2, 0) is 10.2 Å². The Morgan fingerprint density at radius 2 is 1.86 bits per heavy atom. The molecule has 0 aliphatic carbocycles. The maximum Gasteiger partial charge on any atom is 0.230 e. The van der Waals surface area contributed by atoms with E-state index in [0.717, 1.165) is 32.4 Å². The summed E-state index contributed by atoms with van der Waals surface area (Å²) in [5.74, 6) is 0.245. The van der Waals surface area contributed by atoms with Gasteiger partial charge in [-0.05, 0) is 24.8 Å². The quantitative estimate of drug-likeness (QED) is 0.902. The van der Waals surface area contributed by atoms with Crippen LogP contribution in [0.5, 0.6) is 0 Å². The fourth-order valence-electron chi connectivity index (χ4n) is 3.47. The summed E-state index contributed by atoms with van der Waals surface area (Å²) in [7, 11) is 0. The zero-order chi connectivity index (χ0) is 15.5. The molecule has 1 fully saturated rings. The predicted octanol–water partition coefficient (Wildman–Crippen LogP) is 3.36. The maximum absolute atomic E-state index is 12.9. The predicted molar refractivity (Wildman–Crippen MR) is 94.3 cm³/mol. The third kappa shape index (κ3) is 3.31. The van der Waals surface area contributed by atoms with Crippen molar-refractivity contribution in [1.29, 1.82) is 0 Å². The van der Waals surface area contributed by atoms with Gasteiger partial charge in [0.15, 0.2) is 0 Å². The first-order chi connectivity index (χ1) is 10.0. The number of halogens is 1. The van der Waals surface area contributed by atoms with Gasteiger partial charge in [-0.2, -0.15) is 0 Å². The third-order valence-electron chi connectivity index (χ3n) is 5.43. The summed E-state index contributed by atoms with van der Waals surface area (Å²) in [4.78, 5) is 15.0. The minimum absolute atomic E-state index is 0. The number of amides is 1. The number of rotatable bonds is 5. The number of nitrogens with zero attached hydrogens (tertiary/aromatic N) is 1. The van der Waals surface area contributed by atoms with E-state index in [1.807, 2.05) is 11.0 Å². The van der Waals surface area contributed by atoms with E-state index in [9.17, 15) is 4.79 Å². The van der Waals surface area contributed by atoms with Gasteiger partial charge in [0, 0.05) is 25.0 Å². The number of hydrogen-bond acceptors (Lipinski definition) is 2. The van der Waals surface area contributed by atoms with Crippen LogP contribution in [0.3, 0.4) is 0 Å². The van der Waals surface area contributed by atoms with Crippen LogP contribution in [0.2, 0.25) is 0 Å². The molecule has 124 valence electrons. The molecule has 0 radical (unpaired) electrons. The summed E-state index contributed by atoms with van der Waals surface area (Å²) >= 11 is 0. The number of likely N-dealkylation sites (tertiary alicyclic amines) is 1. The van der Waals surface area contributed by atoms with E-state index in [1.54, 1.807) is 0 Å². The van der Waals surface area contributed by atoms with Crippen molar-refractivity contribution >= 4 is 18.3 Å². The standard InChI is InChI=1S/C18H28N2O.ClH/c1-4-18(5-2,13-19)16(21)20-12-11-17(3,14-20)15-9-7-6-8-10-15;/h6-10H,4-5,11-14,19H2,1-3H3;1H. The molecule has 1 atom stereocenters. The van der Waals surface area contributed by atoms with Crippen molar-refractivity contribution in [2.45, 2.75) is 45.4 Å². The van der Waals surface area contributed by atoms with E-state index < -0.39 is 0 Å². The Kier molecular flexibility index (Phi) is 6.45. The lowest BCUT2D eigenvalue weighted by atomic mass is 9.80. The van der Waals surface area contributed by atoms with Crippen LogP contribution in [0, 0.1) is 5.41 Å². The molecule has 1 aromatic rings. The van der Waals surface area contributed by atoms with Gasteiger partial charge in [0.25, 0.3) is 0 Å². The van der Waals surface area contributed by atoms with Crippen molar-refractivity contribution in [3.05, 3.63) is 35.9 Å². The molecule has 1 saturated heterocycles. The van der Waals surface area contributed by atoms with Crippen LogP contribution in [0.4, 0.5) is 0 Å². The molecule has 0 aromatic heterocycles. The van der Waals surface area contributed by atoms with Crippen LogP contribution in [0.25, 0.3) is 0 Å². The molecule has 1 aromatic carbocycles. The fraction of sp³-hybridized carbons (Fsp3) is 0.611. The van der Waals surface area contributed by atoms with Gasteiger partial charge in [0.05, 0.1) is 5.41 Å². The summed E-state index contributed by atoms with van der Waals surface area (Å²) in [6, 6.07) is 10.5. The van der Waals surface area contributed by atoms with Crippen molar-refractivity contribution in [2.75, 3.05) is 19.6 Å². The van der Waals surface area contributed by atoms with Gasteiger partial charge in [-0.15, -0.1) is 12.4 Å². The van der Waals surface area contributed by atoms with Gasteiger partial charge in [-0.1, -0.05) is 51.1 Å². The Balaban J connectivity index is 0.00000242. The van der Waals surface area contributed by atoms with E-state index in [4.69, 9.17) is 5.73 Å². The number of carbonyl (C=O) groups is 1. The fourth-order valence-corrected chi connectivity index (χ4v) is 3.47. The van der Waals surface area contributed by atoms with Crippen LogP contribution in [0.15, 0.2) is 30.3 Å². The summed E-state index contributed by atoms with van der Waals surface area (Å²) in [5.41, 5.74) is 6.95. The first-order valence-corrected chi connectivity index (χ1v) is 8.06. The second-order valence-electron chi connectivity index (χ2n) is 6.59. The zero-order valence-corrected chi connectivity index (χ0v) is 14.8. The number of benzene rings is 1. The van der Waals surface area contributed by atoms with Gasteiger partial charge in [-0.25, -0.2) is 0 Å². The maximum atomic E-state index is 12.9. The summed E-state index contributed by atoms with van der Waals surface area (Å²) in [5, 5.41) is 0. The molecular formula is C18H29ClN2O. The van der Waals surface area contributed by atoms with Crippen molar-refractivity contribution in [3.8, 4) is 0 Å². The smallest absolute Gasteiger partial charge is 0.230 e. The summed E-state index contributed by atoms with van der Waals surface area (Å²) in [6.07, 6.45) is 2.66. The monoisotopic (exact) mass is 324 g/mol. The lowest BCUT2D eigenvalue weighted by Gasteiger charge is -2.34. The van der Waals surface area contributed by atoms with Gasteiger partial charge >= 0.3 is 0 Å². The molecule has 2 rings (SSSR count). The number of carbonyl (C=O) groups excluding carboxylic acids is 1. The van der Waals surface area contributed by atoms with Gasteiger partial charge in [0.1, 0.15) is 0 Å². The normalized spacial score (nSPS) is 21.5. The molecule has 22 heavy (non-hydrogen) atoms. The van der Waals surface area contributed by atoms with E-state index in [-0.39, 0.29) is 29.1 Å². The third-order valence-corrected chi connectivity index (χ3v) is 5.43. The molecule has 1 heterocycles. The number of hydrogen-bond donors (Lipinski definition) is 1. The van der Waals surface area contributed by atoms with E-state index in [2.05, 4.69) is 45.0 Å². The highest BCUT2D eigenvalue weighted by atomic mass is 35.5. The van der Waals surface area contributed by atoms with Crippen LogP contribution in [-0.4, -0.2) is 30.4 Å². The molecular weight excluding hydrogens is 296 g/mol. The van der Waals surface area contributed by atoms with E-state index in [1.165, 1.54) is 5.56 Å². The Morgan fingerprint density at radius 3 is 2.36 bits per heavy atom. The van der Waals surface area contributed by atoms with Gasteiger partial charge < -0.3 is 10.6 Å². The molecule has 1 unspecified atom stereocenters. The van der Waals surface area contributed by atoms with E-state index in [0.29, 0.717) is 6.54 Å². The molecule has 4 heteroatoms. The van der Waals surface area contributed by atoms with Gasteiger partial charge in [-0.3, -0.25) is 4.79 Å². The van der Waals surface area contributed by atoms with Crippen LogP contribution in [0.1, 0.15) is 45.6 Å². The van der Waals surface area contributed by atoms with Crippen molar-refractivity contribution in [2.24, 2.45) is 11.1 Å². The Hall–Kier alpha value is -1.06. The van der Waals surface area contributed by atoms with Crippen LogP contribution >= 0.6 is 12.4 Å². The molecule has 3 nitrogen and oxygen atoms in total. The molecule has 0 spiro atoms. The molecule has 0 bridgehead atoms. The Labute approximate surface area is 140 Å². The minimum atomic E-state index is -0.373. The van der Waals surface area contributed by atoms with Gasteiger partial charge in [0.2, 0.25) is 5.91 Å². The average Bonchev–Trinajstić information content (AvgIpc) is 2.94. The lowest BCUT2D eigenvalue weighted by Crippen LogP contribution is -2.47. The minimum Gasteiger partial charge on any atom is -0.341 e. The first-order valence-electron chi connectivity index (χ1n) is 8.06. The topological polar surface area (TPSA) is 46.3 Å². The van der Waals surface area contributed by atoms with E-state index >= 15 is 0 Å². The van der Waals surface area contributed by atoms with Crippen molar-refractivity contribution in [3.63, 3.8) is 0 Å². The van der Waals surface area contributed by atoms with Crippen molar-refractivity contribution < 1.29 is 4.79 Å². The SMILES string of the molecule is CCC(CC)(CN)C(=O)N1CCC(C)(c2ccccc2)C1.Cl. The highest BCUT2D eigenvalue weighted by molar-refractivity contribution is 5.85. The summed E-state index contributed by atoms with van der Waals surface area (Å²) < 4.78 is 0. The first kappa shape index (κ1) is 19.0. The number of nitrogens with two attached hydrogens (primary N) is 1. The molecule has 1 aliphatic heterocycles. The zero-order valence-electron chi connectivity index (χ0n) is 14.0. The average molecular weight is 325 g/mol. The second-order valence-corrected chi connectivity index (χ2v) is 6.59. The highest BCUT2D eigenvalue weighted by Crippen LogP contribution is 2.37. The van der Waals surface area contributed by atoms with Crippen molar-refractivity contribution in [1.82, 2.24) is 4.90 Å². The van der Waals surface area contributed by atoms with Crippen LogP contribution < -0.4 is 5.73 Å². The molecule has 1 amide bonds. The molecule has 0 saturated carbocycles. The summed E-state index contributed by atoms with van der Waals surface area (Å²) in [6.45, 7) is 8.49. The molecule has 2 N–H and O–H groups in total. The Bertz CT molecular complexity index is 479. The second kappa shape index (κ2) is 7.47. The molecule has 1 aliphatic rings. The lowest BCUT2D eigenvalue weighted by molar-refractivity contribution is -0.141. The largest absolute Gasteiger partial charge is 0.341 e. The highest BCUT2D eigenvalue weighted by Gasteiger charge is 2.43.